The highest BCUT2D eigenvalue weighted by molar-refractivity contribution is 7.89. The van der Waals surface area contributed by atoms with E-state index in [1.165, 1.54) is 0 Å². The van der Waals surface area contributed by atoms with Crippen LogP contribution >= 0.6 is 23.2 Å². The van der Waals surface area contributed by atoms with Gasteiger partial charge in [-0.3, -0.25) is 9.59 Å². The summed E-state index contributed by atoms with van der Waals surface area (Å²) in [5, 5.41) is 23.2. The number of Topliss-reactive ketones (excluding diaryl/α,β-unsaturated/α-hetero) is 1. The first-order valence-corrected chi connectivity index (χ1v) is 17.8. The molecule has 1 aliphatic rings. The van der Waals surface area contributed by atoms with Gasteiger partial charge in [-0.15, -0.1) is 0 Å². The first-order valence-electron chi connectivity index (χ1n) is 15.6. The predicted molar refractivity (Wildman–Crippen MR) is 178 cm³/mol. The molecule has 1 amide bonds. The highest BCUT2D eigenvalue weighted by Gasteiger charge is 2.29. The summed E-state index contributed by atoms with van der Waals surface area (Å²) in [7, 11) is -1.71. The van der Waals surface area contributed by atoms with E-state index in [0.29, 0.717) is 16.5 Å². The van der Waals surface area contributed by atoms with Crippen LogP contribution in [0.1, 0.15) is 48.8 Å². The van der Waals surface area contributed by atoms with Gasteiger partial charge in [0.1, 0.15) is 6.10 Å². The van der Waals surface area contributed by atoms with Crippen LogP contribution in [0.2, 0.25) is 10.0 Å². The van der Waals surface area contributed by atoms with Gasteiger partial charge < -0.3 is 34.6 Å². The van der Waals surface area contributed by atoms with Crippen LogP contribution in [0.3, 0.4) is 0 Å². The zero-order valence-corrected chi connectivity index (χ0v) is 29.1. The second-order valence-corrected chi connectivity index (χ2v) is 13.9. The lowest BCUT2D eigenvalue weighted by atomic mass is 9.85. The van der Waals surface area contributed by atoms with E-state index in [4.69, 9.17) is 37.4 Å². The summed E-state index contributed by atoms with van der Waals surface area (Å²) in [4.78, 5) is 26.0. The quantitative estimate of drug-likeness (QED) is 0.141. The lowest BCUT2D eigenvalue weighted by molar-refractivity contribution is -0.145. The Kier molecular flexibility index (Phi) is 16.5. The maximum atomic E-state index is 12.8. The van der Waals surface area contributed by atoms with Crippen molar-refractivity contribution in [2.45, 2.75) is 55.8 Å². The SMILES string of the molecule is CCCCC(=O)[C@@H](O)[C@H](O)C(=O)NCCOCCOCCOCCNS(=O)(=O)c1ccc([C@@H]2CN(C)Cc3c(Cl)cc(Cl)cc32)cc1. The Bertz CT molecular complexity index is 1410. The topological polar surface area (TPSA) is 164 Å². The molecule has 0 fully saturated rings. The molecule has 0 bridgehead atoms. The van der Waals surface area contributed by atoms with Crippen molar-refractivity contribution >= 4 is 44.9 Å². The molecule has 12 nitrogen and oxygen atoms in total. The standard InChI is InChI=1S/C32H45Cl2N3O9S/c1-3-4-5-29(38)30(39)31(40)32(41)35-10-12-44-14-16-46-17-15-45-13-11-36-47(42,43)24-8-6-22(7-9-24)26-20-37(2)21-27-25(26)18-23(33)19-28(27)34/h6-9,18-19,26,30-31,36,39-40H,3-5,10-17,20-21H2,1-2H3,(H,35,41)/t26-,30+,31-/m0/s1. The van der Waals surface area contributed by atoms with E-state index in [0.717, 1.165) is 36.2 Å². The number of fused-ring (bicyclic) bond motifs is 1. The molecule has 4 N–H and O–H groups in total. The van der Waals surface area contributed by atoms with Crippen molar-refractivity contribution < 1.29 is 42.4 Å². The summed E-state index contributed by atoms with van der Waals surface area (Å²) in [5.41, 5.74) is 3.05. The molecule has 0 saturated heterocycles. The van der Waals surface area contributed by atoms with E-state index in [1.807, 2.05) is 32.2 Å². The Hall–Kier alpha value is -2.17. The lowest BCUT2D eigenvalue weighted by Crippen LogP contribution is -2.46. The number of unbranched alkanes of at least 4 members (excludes halogenated alkanes) is 1. The molecule has 0 spiro atoms. The number of carbonyl (C=O) groups is 2. The number of likely N-dealkylation sites (N-methyl/N-ethyl adjacent to an activating group) is 1. The second-order valence-electron chi connectivity index (χ2n) is 11.3. The Morgan fingerprint density at radius 2 is 1.57 bits per heavy atom. The number of aliphatic hydroxyl groups excluding tert-OH is 2. The first-order chi connectivity index (χ1) is 22.4. The molecule has 0 aromatic heterocycles. The number of carbonyl (C=O) groups excluding carboxylic acids is 2. The zero-order valence-electron chi connectivity index (χ0n) is 26.8. The van der Waals surface area contributed by atoms with E-state index in [1.54, 1.807) is 18.2 Å². The normalized spacial score (nSPS) is 16.4. The molecule has 15 heteroatoms. The third-order valence-electron chi connectivity index (χ3n) is 7.59. The van der Waals surface area contributed by atoms with Crippen molar-refractivity contribution in [3.8, 4) is 0 Å². The maximum absolute atomic E-state index is 12.8. The third-order valence-corrected chi connectivity index (χ3v) is 9.62. The number of amides is 1. The summed E-state index contributed by atoms with van der Waals surface area (Å²) in [6, 6.07) is 10.5. The minimum atomic E-state index is -3.72. The van der Waals surface area contributed by atoms with Crippen LogP contribution in [0.25, 0.3) is 0 Å². The second kappa shape index (κ2) is 19.7. The highest BCUT2D eigenvalue weighted by Crippen LogP contribution is 2.38. The number of rotatable bonds is 21. The van der Waals surface area contributed by atoms with Crippen LogP contribution in [0.15, 0.2) is 41.3 Å². The van der Waals surface area contributed by atoms with Gasteiger partial charge in [-0.05, 0) is 54.4 Å². The minimum absolute atomic E-state index is 0.00844. The number of aliphatic hydroxyl groups is 2. The van der Waals surface area contributed by atoms with Crippen LogP contribution in [-0.4, -0.2) is 114 Å². The number of nitrogens with one attached hydrogen (secondary N) is 2. The fraction of sp³-hybridized carbons (Fsp3) is 0.562. The monoisotopic (exact) mass is 717 g/mol. The van der Waals surface area contributed by atoms with Crippen molar-refractivity contribution in [1.82, 2.24) is 14.9 Å². The Balaban J connectivity index is 1.26. The van der Waals surface area contributed by atoms with Gasteiger partial charge in [0.05, 0.1) is 44.5 Å². The van der Waals surface area contributed by atoms with E-state index < -0.39 is 33.9 Å². The Labute approximate surface area is 286 Å². The van der Waals surface area contributed by atoms with Gasteiger partial charge in [0.25, 0.3) is 5.91 Å². The van der Waals surface area contributed by atoms with Crippen molar-refractivity contribution in [3.05, 3.63) is 63.1 Å². The van der Waals surface area contributed by atoms with Crippen LogP contribution in [0.5, 0.6) is 0 Å². The lowest BCUT2D eigenvalue weighted by Gasteiger charge is -2.33. The van der Waals surface area contributed by atoms with Crippen LogP contribution in [0.4, 0.5) is 0 Å². The molecular formula is C32H45Cl2N3O9S. The van der Waals surface area contributed by atoms with Crippen LogP contribution in [-0.2, 0) is 40.4 Å². The number of sulfonamides is 1. The number of benzene rings is 2. The molecule has 1 heterocycles. The van der Waals surface area contributed by atoms with Crippen molar-refractivity contribution in [1.29, 1.82) is 0 Å². The molecule has 2 aromatic rings. The molecule has 0 radical (unpaired) electrons. The van der Waals surface area contributed by atoms with Gasteiger partial charge in [0, 0.05) is 48.6 Å². The number of hydrogen-bond acceptors (Lipinski definition) is 10. The van der Waals surface area contributed by atoms with Crippen LogP contribution in [0, 0.1) is 0 Å². The zero-order chi connectivity index (χ0) is 34.4. The summed E-state index contributed by atoms with van der Waals surface area (Å²) >= 11 is 12.7. The molecule has 0 aliphatic carbocycles. The summed E-state index contributed by atoms with van der Waals surface area (Å²) in [6.45, 7) is 4.92. The number of nitrogens with zero attached hydrogens (tertiary/aromatic N) is 1. The Morgan fingerprint density at radius 3 is 2.21 bits per heavy atom. The average molecular weight is 719 g/mol. The molecular weight excluding hydrogens is 673 g/mol. The molecule has 1 aliphatic heterocycles. The Morgan fingerprint density at radius 1 is 0.957 bits per heavy atom. The van der Waals surface area contributed by atoms with Crippen molar-refractivity contribution in [3.63, 3.8) is 0 Å². The molecule has 0 unspecified atom stereocenters. The number of halogens is 2. The molecule has 47 heavy (non-hydrogen) atoms. The summed E-state index contributed by atoms with van der Waals surface area (Å²) < 4.78 is 44.3. The van der Waals surface area contributed by atoms with Gasteiger partial charge >= 0.3 is 0 Å². The van der Waals surface area contributed by atoms with E-state index >= 15 is 0 Å². The molecule has 262 valence electrons. The van der Waals surface area contributed by atoms with E-state index in [-0.39, 0.29) is 70.0 Å². The van der Waals surface area contributed by atoms with Gasteiger partial charge in [0.15, 0.2) is 11.9 Å². The fourth-order valence-corrected chi connectivity index (χ4v) is 6.63. The number of ether oxygens (including phenoxy) is 3. The number of ketones is 1. The maximum Gasteiger partial charge on any atom is 0.252 e. The number of hydrogen-bond donors (Lipinski definition) is 4. The highest BCUT2D eigenvalue weighted by atomic mass is 35.5. The van der Waals surface area contributed by atoms with Gasteiger partial charge in [-0.25, -0.2) is 13.1 Å². The minimum Gasteiger partial charge on any atom is -0.382 e. The average Bonchev–Trinajstić information content (AvgIpc) is 3.05. The first kappa shape index (κ1) is 39.3. The van der Waals surface area contributed by atoms with Crippen molar-refractivity contribution in [2.24, 2.45) is 0 Å². The summed E-state index contributed by atoms with van der Waals surface area (Å²) in [5.74, 6) is -1.40. The van der Waals surface area contributed by atoms with E-state index in [9.17, 15) is 28.2 Å². The van der Waals surface area contributed by atoms with Gasteiger partial charge in [-0.1, -0.05) is 48.7 Å². The molecule has 0 saturated carbocycles. The predicted octanol–water partition coefficient (Wildman–Crippen LogP) is 2.50. The van der Waals surface area contributed by atoms with Gasteiger partial charge in [-0.2, -0.15) is 0 Å². The fourth-order valence-electron chi connectivity index (χ4n) is 5.05. The van der Waals surface area contributed by atoms with Crippen LogP contribution < -0.4 is 10.0 Å². The third kappa shape index (κ3) is 12.3. The van der Waals surface area contributed by atoms with Crippen molar-refractivity contribution in [2.75, 3.05) is 66.3 Å². The smallest absolute Gasteiger partial charge is 0.252 e. The van der Waals surface area contributed by atoms with Gasteiger partial charge in [0.2, 0.25) is 10.0 Å². The summed E-state index contributed by atoms with van der Waals surface area (Å²) in [6.07, 6.45) is -2.12. The largest absolute Gasteiger partial charge is 0.382 e. The molecule has 2 aromatic carbocycles. The molecule has 3 rings (SSSR count). The molecule has 3 atom stereocenters. The van der Waals surface area contributed by atoms with E-state index in [2.05, 4.69) is 14.9 Å².